The molecule has 0 aromatic rings. The third-order valence-electron chi connectivity index (χ3n) is 3.52. The third kappa shape index (κ3) is 3.20. The minimum Gasteiger partial charge on any atom is -0.342 e. The maximum Gasteiger partial charge on any atom is 0.236 e. The highest BCUT2D eigenvalue weighted by atomic mass is 16.2. The highest BCUT2D eigenvalue weighted by Crippen LogP contribution is 2.11. The van der Waals surface area contributed by atoms with Gasteiger partial charge in [0.25, 0.3) is 0 Å². The van der Waals surface area contributed by atoms with Gasteiger partial charge in [-0.25, -0.2) is 0 Å². The van der Waals surface area contributed by atoms with E-state index in [1.165, 1.54) is 38.5 Å². The predicted molar refractivity (Wildman–Crippen MR) is 60.7 cm³/mol. The number of hydrogen-bond donors (Lipinski definition) is 0. The maximum absolute atomic E-state index is 12.0. The second-order valence-corrected chi connectivity index (χ2v) is 4.78. The van der Waals surface area contributed by atoms with Crippen molar-refractivity contribution >= 4 is 5.91 Å². The number of likely N-dealkylation sites (tertiary alicyclic amines) is 2. The van der Waals surface area contributed by atoms with Crippen molar-refractivity contribution in [1.29, 1.82) is 0 Å². The first-order valence-electron chi connectivity index (χ1n) is 6.36. The van der Waals surface area contributed by atoms with E-state index in [-0.39, 0.29) is 0 Å². The van der Waals surface area contributed by atoms with E-state index in [0.717, 1.165) is 26.2 Å². The Morgan fingerprint density at radius 3 is 1.93 bits per heavy atom. The van der Waals surface area contributed by atoms with Gasteiger partial charge in [0.2, 0.25) is 5.91 Å². The van der Waals surface area contributed by atoms with Crippen LogP contribution in [0.4, 0.5) is 0 Å². The molecule has 0 unspecified atom stereocenters. The molecule has 2 heterocycles. The minimum absolute atomic E-state index is 0.358. The molecule has 0 atom stereocenters. The smallest absolute Gasteiger partial charge is 0.236 e. The molecular formula is C12H22N2O. The molecule has 15 heavy (non-hydrogen) atoms. The fraction of sp³-hybridized carbons (Fsp3) is 0.917. The molecule has 0 aromatic heterocycles. The SMILES string of the molecule is O=C(CN1CCCCC1)N1CCCCC1. The van der Waals surface area contributed by atoms with Crippen molar-refractivity contribution in [2.45, 2.75) is 38.5 Å². The van der Waals surface area contributed by atoms with Crippen molar-refractivity contribution in [3.05, 3.63) is 0 Å². The van der Waals surface area contributed by atoms with Gasteiger partial charge in [-0.3, -0.25) is 9.69 Å². The normalized spacial score (nSPS) is 24.1. The lowest BCUT2D eigenvalue weighted by atomic mass is 10.1. The van der Waals surface area contributed by atoms with Crippen LogP contribution in [0.1, 0.15) is 38.5 Å². The fourth-order valence-corrected chi connectivity index (χ4v) is 2.55. The Labute approximate surface area is 92.4 Å². The van der Waals surface area contributed by atoms with Crippen LogP contribution in [-0.4, -0.2) is 48.4 Å². The Bertz CT molecular complexity index is 206. The second kappa shape index (κ2) is 5.50. The van der Waals surface area contributed by atoms with Crippen molar-refractivity contribution in [2.24, 2.45) is 0 Å². The van der Waals surface area contributed by atoms with Gasteiger partial charge in [-0.1, -0.05) is 6.42 Å². The molecule has 3 heteroatoms. The maximum atomic E-state index is 12.0. The highest BCUT2D eigenvalue weighted by Gasteiger charge is 2.20. The highest BCUT2D eigenvalue weighted by molar-refractivity contribution is 5.78. The standard InChI is InChI=1S/C12H22N2O/c15-12(14-9-5-2-6-10-14)11-13-7-3-1-4-8-13/h1-11H2. The summed E-state index contributed by atoms with van der Waals surface area (Å²) in [4.78, 5) is 16.3. The van der Waals surface area contributed by atoms with Crippen molar-refractivity contribution in [1.82, 2.24) is 9.80 Å². The number of amides is 1. The van der Waals surface area contributed by atoms with Crippen LogP contribution < -0.4 is 0 Å². The van der Waals surface area contributed by atoms with E-state index in [4.69, 9.17) is 0 Å². The number of carbonyl (C=O) groups is 1. The van der Waals surface area contributed by atoms with E-state index in [0.29, 0.717) is 12.5 Å². The summed E-state index contributed by atoms with van der Waals surface area (Å²) in [7, 11) is 0. The average molecular weight is 210 g/mol. The van der Waals surface area contributed by atoms with Gasteiger partial charge in [0.15, 0.2) is 0 Å². The topological polar surface area (TPSA) is 23.6 Å². The fourth-order valence-electron chi connectivity index (χ4n) is 2.55. The van der Waals surface area contributed by atoms with Crippen molar-refractivity contribution < 1.29 is 4.79 Å². The van der Waals surface area contributed by atoms with Crippen LogP contribution in [0.3, 0.4) is 0 Å². The Kier molecular flexibility index (Phi) is 4.01. The molecule has 0 bridgehead atoms. The first-order chi connectivity index (χ1) is 7.36. The molecule has 86 valence electrons. The van der Waals surface area contributed by atoms with Gasteiger partial charge in [0.05, 0.1) is 6.54 Å². The van der Waals surface area contributed by atoms with Crippen LogP contribution in [0.2, 0.25) is 0 Å². The largest absolute Gasteiger partial charge is 0.342 e. The van der Waals surface area contributed by atoms with Gasteiger partial charge in [0.1, 0.15) is 0 Å². The van der Waals surface area contributed by atoms with E-state index >= 15 is 0 Å². The summed E-state index contributed by atoms with van der Waals surface area (Å²) in [6, 6.07) is 0. The van der Waals surface area contributed by atoms with Gasteiger partial charge in [0, 0.05) is 13.1 Å². The molecule has 1 amide bonds. The molecule has 2 aliphatic rings. The molecule has 2 saturated heterocycles. The Morgan fingerprint density at radius 1 is 0.800 bits per heavy atom. The molecule has 0 radical (unpaired) electrons. The molecular weight excluding hydrogens is 188 g/mol. The molecule has 2 aliphatic heterocycles. The van der Waals surface area contributed by atoms with E-state index in [9.17, 15) is 4.79 Å². The van der Waals surface area contributed by atoms with Gasteiger partial charge < -0.3 is 4.90 Å². The Balaban J connectivity index is 1.74. The zero-order valence-electron chi connectivity index (χ0n) is 9.58. The molecule has 0 spiro atoms. The van der Waals surface area contributed by atoms with Crippen LogP contribution in [0, 0.1) is 0 Å². The summed E-state index contributed by atoms with van der Waals surface area (Å²) in [5.74, 6) is 0.358. The number of nitrogens with zero attached hydrogens (tertiary/aromatic N) is 2. The number of piperidine rings is 2. The summed E-state index contributed by atoms with van der Waals surface area (Å²) in [5, 5.41) is 0. The first kappa shape index (κ1) is 10.9. The lowest BCUT2D eigenvalue weighted by molar-refractivity contribution is -0.133. The summed E-state index contributed by atoms with van der Waals surface area (Å²) in [6.45, 7) is 4.90. The molecule has 3 nitrogen and oxygen atoms in total. The summed E-state index contributed by atoms with van der Waals surface area (Å²) >= 11 is 0. The lowest BCUT2D eigenvalue weighted by Gasteiger charge is -2.31. The van der Waals surface area contributed by atoms with Crippen LogP contribution in [0.5, 0.6) is 0 Å². The van der Waals surface area contributed by atoms with Gasteiger partial charge in [-0.2, -0.15) is 0 Å². The first-order valence-corrected chi connectivity index (χ1v) is 6.36. The van der Waals surface area contributed by atoms with Crippen molar-refractivity contribution in [2.75, 3.05) is 32.7 Å². The summed E-state index contributed by atoms with van der Waals surface area (Å²) < 4.78 is 0. The van der Waals surface area contributed by atoms with Crippen LogP contribution in [0.15, 0.2) is 0 Å². The Hall–Kier alpha value is -0.570. The van der Waals surface area contributed by atoms with E-state index < -0.39 is 0 Å². The molecule has 2 rings (SSSR count). The summed E-state index contributed by atoms with van der Waals surface area (Å²) in [6.07, 6.45) is 7.58. The molecule has 0 aliphatic carbocycles. The zero-order chi connectivity index (χ0) is 10.5. The van der Waals surface area contributed by atoms with Crippen LogP contribution >= 0.6 is 0 Å². The van der Waals surface area contributed by atoms with Gasteiger partial charge in [-0.05, 0) is 45.2 Å². The average Bonchev–Trinajstić information content (AvgIpc) is 2.31. The molecule has 0 saturated carbocycles. The minimum atomic E-state index is 0.358. The Morgan fingerprint density at radius 2 is 1.33 bits per heavy atom. The number of hydrogen-bond acceptors (Lipinski definition) is 2. The monoisotopic (exact) mass is 210 g/mol. The van der Waals surface area contributed by atoms with E-state index in [2.05, 4.69) is 9.80 Å². The molecule has 2 fully saturated rings. The zero-order valence-corrected chi connectivity index (χ0v) is 9.58. The van der Waals surface area contributed by atoms with Crippen LogP contribution in [-0.2, 0) is 4.79 Å². The molecule has 0 aromatic carbocycles. The lowest BCUT2D eigenvalue weighted by Crippen LogP contribution is -2.44. The van der Waals surface area contributed by atoms with Gasteiger partial charge >= 0.3 is 0 Å². The van der Waals surface area contributed by atoms with Crippen LogP contribution in [0.25, 0.3) is 0 Å². The van der Waals surface area contributed by atoms with Crippen molar-refractivity contribution in [3.8, 4) is 0 Å². The van der Waals surface area contributed by atoms with Crippen molar-refractivity contribution in [3.63, 3.8) is 0 Å². The van der Waals surface area contributed by atoms with Gasteiger partial charge in [-0.15, -0.1) is 0 Å². The summed E-state index contributed by atoms with van der Waals surface area (Å²) in [5.41, 5.74) is 0. The third-order valence-corrected chi connectivity index (χ3v) is 3.52. The predicted octanol–water partition coefficient (Wildman–Crippen LogP) is 1.48. The quantitative estimate of drug-likeness (QED) is 0.689. The van der Waals surface area contributed by atoms with E-state index in [1.807, 2.05) is 0 Å². The molecule has 0 N–H and O–H groups in total. The number of rotatable bonds is 2. The van der Waals surface area contributed by atoms with E-state index in [1.54, 1.807) is 0 Å². The number of carbonyl (C=O) groups excluding carboxylic acids is 1. The second-order valence-electron chi connectivity index (χ2n) is 4.78.